The number of carbonyl (C=O) groups excluding carboxylic acids is 2. The van der Waals surface area contributed by atoms with Gasteiger partial charge in [0.25, 0.3) is 0 Å². The standard InChI is InChI=1S/C19H28FN3O2/c1-3-22(4-2)18(25)12-8-11-17(24)21-19-15(20)9-7-10-16(19)23-13-5-6-14-23/h7,9-10H,3-6,8,11-14H2,1-2H3,(H,21,24). The second-order valence-corrected chi connectivity index (χ2v) is 6.30. The van der Waals surface area contributed by atoms with Crippen LogP contribution in [0.2, 0.25) is 0 Å². The molecule has 0 bridgehead atoms. The molecule has 0 spiro atoms. The number of rotatable bonds is 8. The zero-order chi connectivity index (χ0) is 18.2. The first-order valence-corrected chi connectivity index (χ1v) is 9.17. The van der Waals surface area contributed by atoms with Gasteiger partial charge in [0.1, 0.15) is 11.5 Å². The van der Waals surface area contributed by atoms with E-state index in [-0.39, 0.29) is 23.9 Å². The number of nitrogens with zero attached hydrogens (tertiary/aromatic N) is 2. The Labute approximate surface area is 149 Å². The fourth-order valence-electron chi connectivity index (χ4n) is 3.19. The van der Waals surface area contributed by atoms with Crippen molar-refractivity contribution in [2.45, 2.75) is 46.0 Å². The SMILES string of the molecule is CCN(CC)C(=O)CCCC(=O)Nc1c(F)cccc1N1CCCC1. The number of hydrogen-bond donors (Lipinski definition) is 1. The molecule has 138 valence electrons. The quantitative estimate of drug-likeness (QED) is 0.782. The number of anilines is 2. The van der Waals surface area contributed by atoms with Gasteiger partial charge >= 0.3 is 0 Å². The van der Waals surface area contributed by atoms with Crippen molar-refractivity contribution in [2.75, 3.05) is 36.4 Å². The van der Waals surface area contributed by atoms with E-state index in [4.69, 9.17) is 0 Å². The summed E-state index contributed by atoms with van der Waals surface area (Å²) in [6.45, 7) is 6.99. The van der Waals surface area contributed by atoms with Gasteiger partial charge in [-0.1, -0.05) is 6.07 Å². The van der Waals surface area contributed by atoms with E-state index < -0.39 is 5.82 Å². The molecule has 0 radical (unpaired) electrons. The number of amides is 2. The second-order valence-electron chi connectivity index (χ2n) is 6.30. The van der Waals surface area contributed by atoms with Crippen LogP contribution in [0, 0.1) is 5.82 Å². The smallest absolute Gasteiger partial charge is 0.224 e. The molecule has 6 heteroatoms. The summed E-state index contributed by atoms with van der Waals surface area (Å²) in [5.74, 6) is -0.615. The van der Waals surface area contributed by atoms with Crippen molar-refractivity contribution in [3.8, 4) is 0 Å². The Morgan fingerprint density at radius 2 is 1.84 bits per heavy atom. The Kier molecular flexibility index (Phi) is 7.22. The van der Waals surface area contributed by atoms with E-state index in [1.807, 2.05) is 19.9 Å². The van der Waals surface area contributed by atoms with Crippen molar-refractivity contribution in [2.24, 2.45) is 0 Å². The summed E-state index contributed by atoms with van der Waals surface area (Å²) >= 11 is 0. The van der Waals surface area contributed by atoms with Gasteiger partial charge in [0.2, 0.25) is 11.8 Å². The van der Waals surface area contributed by atoms with E-state index in [1.165, 1.54) is 6.07 Å². The van der Waals surface area contributed by atoms with E-state index in [2.05, 4.69) is 10.2 Å². The zero-order valence-corrected chi connectivity index (χ0v) is 15.2. The van der Waals surface area contributed by atoms with E-state index >= 15 is 0 Å². The zero-order valence-electron chi connectivity index (χ0n) is 15.2. The lowest BCUT2D eigenvalue weighted by molar-refractivity contribution is -0.130. The molecule has 25 heavy (non-hydrogen) atoms. The van der Waals surface area contributed by atoms with Crippen LogP contribution in [0.1, 0.15) is 46.0 Å². The Morgan fingerprint density at radius 3 is 2.48 bits per heavy atom. The number of benzene rings is 1. The van der Waals surface area contributed by atoms with Crippen LogP contribution in [0.25, 0.3) is 0 Å². The molecule has 2 rings (SSSR count). The average Bonchev–Trinajstić information content (AvgIpc) is 3.12. The van der Waals surface area contributed by atoms with Crippen molar-refractivity contribution in [3.63, 3.8) is 0 Å². The molecular weight excluding hydrogens is 321 g/mol. The summed E-state index contributed by atoms with van der Waals surface area (Å²) < 4.78 is 14.2. The third-order valence-corrected chi connectivity index (χ3v) is 4.61. The third kappa shape index (κ3) is 5.18. The number of carbonyl (C=O) groups is 2. The number of hydrogen-bond acceptors (Lipinski definition) is 3. The summed E-state index contributed by atoms with van der Waals surface area (Å²) in [6, 6.07) is 4.87. The average molecular weight is 349 g/mol. The topological polar surface area (TPSA) is 52.7 Å². The Balaban J connectivity index is 1.91. The molecule has 5 nitrogen and oxygen atoms in total. The van der Waals surface area contributed by atoms with E-state index in [0.717, 1.165) is 31.6 Å². The maximum Gasteiger partial charge on any atom is 0.224 e. The lowest BCUT2D eigenvalue weighted by Gasteiger charge is -2.22. The van der Waals surface area contributed by atoms with Crippen LogP contribution in [0.5, 0.6) is 0 Å². The maximum absolute atomic E-state index is 14.2. The summed E-state index contributed by atoms with van der Waals surface area (Å²) in [4.78, 5) is 28.0. The monoisotopic (exact) mass is 349 g/mol. The Hall–Kier alpha value is -2.11. The molecule has 0 aliphatic carbocycles. The van der Waals surface area contributed by atoms with Crippen molar-refractivity contribution in [1.29, 1.82) is 0 Å². The predicted molar refractivity (Wildman–Crippen MR) is 98.3 cm³/mol. The summed E-state index contributed by atoms with van der Waals surface area (Å²) in [5, 5.41) is 2.71. The summed E-state index contributed by atoms with van der Waals surface area (Å²) in [5.41, 5.74) is 0.995. The van der Waals surface area contributed by atoms with E-state index in [1.54, 1.807) is 11.0 Å². The molecule has 1 aromatic rings. The van der Waals surface area contributed by atoms with E-state index in [9.17, 15) is 14.0 Å². The Bertz CT molecular complexity index is 596. The molecule has 0 unspecified atom stereocenters. The van der Waals surface area contributed by atoms with Gasteiger partial charge in [-0.15, -0.1) is 0 Å². The van der Waals surface area contributed by atoms with Gasteiger partial charge in [0.05, 0.1) is 5.69 Å². The summed E-state index contributed by atoms with van der Waals surface area (Å²) in [6.07, 6.45) is 3.18. The molecule has 0 atom stereocenters. The highest BCUT2D eigenvalue weighted by molar-refractivity contribution is 5.94. The van der Waals surface area contributed by atoms with E-state index in [0.29, 0.717) is 25.9 Å². The van der Waals surface area contributed by atoms with Crippen LogP contribution in [0.4, 0.5) is 15.8 Å². The largest absolute Gasteiger partial charge is 0.370 e. The molecule has 1 N–H and O–H groups in total. The normalized spacial score (nSPS) is 13.8. The van der Waals surface area contributed by atoms with Crippen molar-refractivity contribution in [3.05, 3.63) is 24.0 Å². The lowest BCUT2D eigenvalue weighted by Crippen LogP contribution is -2.30. The fourth-order valence-corrected chi connectivity index (χ4v) is 3.19. The molecule has 1 aliphatic heterocycles. The van der Waals surface area contributed by atoms with Crippen LogP contribution in [0.15, 0.2) is 18.2 Å². The lowest BCUT2D eigenvalue weighted by atomic mass is 10.2. The van der Waals surface area contributed by atoms with Gasteiger partial charge in [-0.25, -0.2) is 4.39 Å². The van der Waals surface area contributed by atoms with Gasteiger partial charge in [-0.3, -0.25) is 9.59 Å². The van der Waals surface area contributed by atoms with Crippen molar-refractivity contribution < 1.29 is 14.0 Å². The third-order valence-electron chi connectivity index (χ3n) is 4.61. The summed E-state index contributed by atoms with van der Waals surface area (Å²) in [7, 11) is 0. The van der Waals surface area contributed by atoms with Crippen LogP contribution in [0.3, 0.4) is 0 Å². The number of halogens is 1. The minimum absolute atomic E-state index is 0.0569. The minimum atomic E-state index is -0.419. The van der Waals surface area contributed by atoms with Crippen LogP contribution >= 0.6 is 0 Å². The fraction of sp³-hybridized carbons (Fsp3) is 0.579. The molecule has 0 saturated carbocycles. The highest BCUT2D eigenvalue weighted by Crippen LogP contribution is 2.31. The van der Waals surface area contributed by atoms with Crippen LogP contribution < -0.4 is 10.2 Å². The predicted octanol–water partition coefficient (Wildman–Crippen LogP) is 3.40. The molecule has 1 aromatic carbocycles. The molecular formula is C19H28FN3O2. The van der Waals surface area contributed by atoms with Crippen molar-refractivity contribution >= 4 is 23.2 Å². The molecule has 1 heterocycles. The van der Waals surface area contributed by atoms with Crippen LogP contribution in [-0.2, 0) is 9.59 Å². The van der Waals surface area contributed by atoms with Gasteiger partial charge in [0.15, 0.2) is 0 Å². The first-order valence-electron chi connectivity index (χ1n) is 9.17. The highest BCUT2D eigenvalue weighted by atomic mass is 19.1. The molecule has 2 amide bonds. The molecule has 1 saturated heterocycles. The van der Waals surface area contributed by atoms with Crippen LogP contribution in [-0.4, -0.2) is 42.9 Å². The molecule has 0 aromatic heterocycles. The van der Waals surface area contributed by atoms with Gasteiger partial charge in [0, 0.05) is 39.0 Å². The van der Waals surface area contributed by atoms with Crippen molar-refractivity contribution in [1.82, 2.24) is 4.90 Å². The maximum atomic E-state index is 14.2. The van der Waals surface area contributed by atoms with Gasteiger partial charge in [-0.05, 0) is 45.2 Å². The number of nitrogens with one attached hydrogen (secondary N) is 1. The second kappa shape index (κ2) is 9.39. The minimum Gasteiger partial charge on any atom is -0.370 e. The molecule has 1 aliphatic rings. The molecule has 1 fully saturated rings. The first kappa shape index (κ1) is 19.2. The Morgan fingerprint density at radius 1 is 1.16 bits per heavy atom. The highest BCUT2D eigenvalue weighted by Gasteiger charge is 2.19. The van der Waals surface area contributed by atoms with Gasteiger partial charge < -0.3 is 15.1 Å². The number of para-hydroxylation sites is 1. The first-order chi connectivity index (χ1) is 12.1. The van der Waals surface area contributed by atoms with Gasteiger partial charge in [-0.2, -0.15) is 0 Å².